The van der Waals surface area contributed by atoms with Gasteiger partial charge in [0.25, 0.3) is 0 Å². The molecule has 0 aromatic heterocycles. The standard InChI is InChI=1S/C19H28N2O3S/c1-15-5-4-6-16(13-15)14-25(23,24)21-11-9-17(10-12-21)19(22)20-18-7-2-3-8-18/h4-6,13,17-18H,2-3,7-12,14H2,1H3,(H,20,22). The number of nitrogens with one attached hydrogen (secondary N) is 1. The van der Waals surface area contributed by atoms with Gasteiger partial charge in [-0.25, -0.2) is 12.7 Å². The molecule has 1 aromatic rings. The quantitative estimate of drug-likeness (QED) is 0.873. The predicted molar refractivity (Wildman–Crippen MR) is 98.5 cm³/mol. The minimum Gasteiger partial charge on any atom is -0.353 e. The second-order valence-corrected chi connectivity index (χ2v) is 9.38. The predicted octanol–water partition coefficient (Wildman–Crippen LogP) is 2.60. The summed E-state index contributed by atoms with van der Waals surface area (Å²) < 4.78 is 26.8. The van der Waals surface area contributed by atoms with Crippen LogP contribution in [0.5, 0.6) is 0 Å². The van der Waals surface area contributed by atoms with E-state index in [0.29, 0.717) is 32.0 Å². The number of hydrogen-bond donors (Lipinski definition) is 1. The lowest BCUT2D eigenvalue weighted by molar-refractivity contribution is -0.126. The fourth-order valence-electron chi connectivity index (χ4n) is 3.89. The number of hydrogen-bond acceptors (Lipinski definition) is 3. The molecule has 0 radical (unpaired) electrons. The molecule has 1 saturated carbocycles. The molecule has 138 valence electrons. The Labute approximate surface area is 150 Å². The summed E-state index contributed by atoms with van der Waals surface area (Å²) in [5.41, 5.74) is 1.89. The Morgan fingerprint density at radius 2 is 1.84 bits per heavy atom. The van der Waals surface area contributed by atoms with Gasteiger partial charge in [0.1, 0.15) is 0 Å². The summed E-state index contributed by atoms with van der Waals surface area (Å²) >= 11 is 0. The SMILES string of the molecule is Cc1cccc(CS(=O)(=O)N2CCC(C(=O)NC3CCCC3)CC2)c1. The lowest BCUT2D eigenvalue weighted by atomic mass is 9.97. The molecule has 1 aliphatic carbocycles. The highest BCUT2D eigenvalue weighted by molar-refractivity contribution is 7.88. The number of aryl methyl sites for hydroxylation is 1. The second-order valence-electron chi connectivity index (χ2n) is 7.41. The van der Waals surface area contributed by atoms with E-state index in [1.165, 1.54) is 12.8 Å². The van der Waals surface area contributed by atoms with Crippen LogP contribution in [0.15, 0.2) is 24.3 Å². The average Bonchev–Trinajstić information content (AvgIpc) is 3.07. The van der Waals surface area contributed by atoms with Gasteiger partial charge in [0.05, 0.1) is 5.75 Å². The summed E-state index contributed by atoms with van der Waals surface area (Å²) in [6.45, 7) is 2.85. The zero-order valence-electron chi connectivity index (χ0n) is 14.9. The van der Waals surface area contributed by atoms with Gasteiger partial charge in [0, 0.05) is 25.0 Å². The summed E-state index contributed by atoms with van der Waals surface area (Å²) in [7, 11) is -3.32. The Balaban J connectivity index is 1.53. The summed E-state index contributed by atoms with van der Waals surface area (Å²) in [5, 5.41) is 3.14. The normalized spacial score (nSPS) is 20.7. The number of nitrogens with zero attached hydrogens (tertiary/aromatic N) is 1. The van der Waals surface area contributed by atoms with Crippen LogP contribution in [0.2, 0.25) is 0 Å². The van der Waals surface area contributed by atoms with E-state index in [-0.39, 0.29) is 17.6 Å². The first-order chi connectivity index (χ1) is 11.9. The lowest BCUT2D eigenvalue weighted by Gasteiger charge is -2.31. The third-order valence-corrected chi connectivity index (χ3v) is 7.20. The number of benzene rings is 1. The largest absolute Gasteiger partial charge is 0.353 e. The van der Waals surface area contributed by atoms with Gasteiger partial charge in [-0.05, 0) is 38.2 Å². The van der Waals surface area contributed by atoms with Gasteiger partial charge in [-0.15, -0.1) is 0 Å². The van der Waals surface area contributed by atoms with Crippen molar-refractivity contribution in [2.24, 2.45) is 5.92 Å². The van der Waals surface area contributed by atoms with Gasteiger partial charge in [-0.2, -0.15) is 0 Å². The Morgan fingerprint density at radius 3 is 2.48 bits per heavy atom. The fraction of sp³-hybridized carbons (Fsp3) is 0.632. The summed E-state index contributed by atoms with van der Waals surface area (Å²) in [6, 6.07) is 7.95. The molecule has 1 aliphatic heterocycles. The van der Waals surface area contributed by atoms with Crippen molar-refractivity contribution in [3.8, 4) is 0 Å². The Hall–Kier alpha value is -1.40. The van der Waals surface area contributed by atoms with E-state index < -0.39 is 10.0 Å². The first-order valence-electron chi connectivity index (χ1n) is 9.28. The first kappa shape index (κ1) is 18.4. The molecule has 1 N–H and O–H groups in total. The van der Waals surface area contributed by atoms with Gasteiger partial charge < -0.3 is 5.32 Å². The van der Waals surface area contributed by atoms with Gasteiger partial charge in [0.2, 0.25) is 15.9 Å². The van der Waals surface area contributed by atoms with E-state index in [9.17, 15) is 13.2 Å². The molecule has 2 fully saturated rings. The summed E-state index contributed by atoms with van der Waals surface area (Å²) in [5.74, 6) is 0.0989. The topological polar surface area (TPSA) is 66.5 Å². The third-order valence-electron chi connectivity index (χ3n) is 5.35. The molecule has 1 saturated heterocycles. The van der Waals surface area contributed by atoms with E-state index >= 15 is 0 Å². The van der Waals surface area contributed by atoms with Crippen molar-refractivity contribution in [2.45, 2.75) is 57.2 Å². The number of sulfonamides is 1. The smallest absolute Gasteiger partial charge is 0.223 e. The Bertz CT molecular complexity index is 703. The van der Waals surface area contributed by atoms with Crippen molar-refractivity contribution in [1.29, 1.82) is 0 Å². The lowest BCUT2D eigenvalue weighted by Crippen LogP contribution is -2.45. The maximum absolute atomic E-state index is 12.6. The number of piperidine rings is 1. The van der Waals surface area contributed by atoms with Crippen molar-refractivity contribution < 1.29 is 13.2 Å². The van der Waals surface area contributed by atoms with Crippen LogP contribution in [-0.2, 0) is 20.6 Å². The van der Waals surface area contributed by atoms with Crippen molar-refractivity contribution >= 4 is 15.9 Å². The van der Waals surface area contributed by atoms with E-state index in [4.69, 9.17) is 0 Å². The first-order valence-corrected chi connectivity index (χ1v) is 10.9. The third kappa shape index (κ3) is 4.82. The number of amides is 1. The summed E-state index contributed by atoms with van der Waals surface area (Å²) in [6.07, 6.45) is 5.78. The van der Waals surface area contributed by atoms with Crippen LogP contribution >= 0.6 is 0 Å². The molecule has 1 aromatic carbocycles. The highest BCUT2D eigenvalue weighted by atomic mass is 32.2. The monoisotopic (exact) mass is 364 g/mol. The molecule has 5 nitrogen and oxygen atoms in total. The minimum absolute atomic E-state index is 0.0353. The highest BCUT2D eigenvalue weighted by Crippen LogP contribution is 2.24. The molecular weight excluding hydrogens is 336 g/mol. The van der Waals surface area contributed by atoms with Gasteiger partial charge in [0.15, 0.2) is 0 Å². The van der Waals surface area contributed by atoms with Crippen LogP contribution in [0.1, 0.15) is 49.7 Å². The van der Waals surface area contributed by atoms with Crippen LogP contribution < -0.4 is 5.32 Å². The van der Waals surface area contributed by atoms with E-state index in [1.807, 2.05) is 31.2 Å². The van der Waals surface area contributed by atoms with Crippen LogP contribution in [0.25, 0.3) is 0 Å². The minimum atomic E-state index is -3.32. The number of carbonyl (C=O) groups excluding carboxylic acids is 1. The summed E-state index contributed by atoms with van der Waals surface area (Å²) in [4.78, 5) is 12.4. The van der Waals surface area contributed by atoms with Crippen LogP contribution in [0, 0.1) is 12.8 Å². The molecule has 3 rings (SSSR count). The van der Waals surface area contributed by atoms with E-state index in [1.54, 1.807) is 4.31 Å². The molecule has 6 heteroatoms. The molecule has 0 spiro atoms. The fourth-order valence-corrected chi connectivity index (χ4v) is 5.44. The van der Waals surface area contributed by atoms with Crippen LogP contribution in [-0.4, -0.2) is 37.8 Å². The maximum Gasteiger partial charge on any atom is 0.223 e. The van der Waals surface area contributed by atoms with Crippen LogP contribution in [0.4, 0.5) is 0 Å². The van der Waals surface area contributed by atoms with Gasteiger partial charge in [-0.3, -0.25) is 4.79 Å². The van der Waals surface area contributed by atoms with Crippen molar-refractivity contribution in [1.82, 2.24) is 9.62 Å². The second kappa shape index (κ2) is 7.87. The number of carbonyl (C=O) groups is 1. The molecule has 2 aliphatic rings. The van der Waals surface area contributed by atoms with Crippen molar-refractivity contribution in [3.05, 3.63) is 35.4 Å². The molecule has 25 heavy (non-hydrogen) atoms. The zero-order chi connectivity index (χ0) is 17.9. The molecule has 0 unspecified atom stereocenters. The maximum atomic E-state index is 12.6. The average molecular weight is 365 g/mol. The Morgan fingerprint density at radius 1 is 1.16 bits per heavy atom. The van der Waals surface area contributed by atoms with E-state index in [0.717, 1.165) is 24.0 Å². The molecule has 1 amide bonds. The van der Waals surface area contributed by atoms with Gasteiger partial charge >= 0.3 is 0 Å². The van der Waals surface area contributed by atoms with Crippen molar-refractivity contribution in [3.63, 3.8) is 0 Å². The van der Waals surface area contributed by atoms with Gasteiger partial charge in [-0.1, -0.05) is 42.7 Å². The van der Waals surface area contributed by atoms with Crippen molar-refractivity contribution in [2.75, 3.05) is 13.1 Å². The zero-order valence-corrected chi connectivity index (χ0v) is 15.7. The van der Waals surface area contributed by atoms with Crippen LogP contribution in [0.3, 0.4) is 0 Å². The molecule has 1 heterocycles. The highest BCUT2D eigenvalue weighted by Gasteiger charge is 2.32. The molecular formula is C19H28N2O3S. The molecule has 0 atom stereocenters. The number of rotatable bonds is 5. The van der Waals surface area contributed by atoms with E-state index in [2.05, 4.69) is 5.32 Å². The Kier molecular flexibility index (Phi) is 5.79. The molecule has 0 bridgehead atoms.